The number of hydrogen-bond acceptors (Lipinski definition) is 2. The Morgan fingerprint density at radius 2 is 1.94 bits per heavy atom. The summed E-state index contributed by atoms with van der Waals surface area (Å²) in [5.74, 6) is 0.290. The maximum Gasteiger partial charge on any atom is 0.0776 e. The van der Waals surface area contributed by atoms with Gasteiger partial charge in [0, 0.05) is 4.83 Å². The molecule has 2 aliphatic carbocycles. The Morgan fingerprint density at radius 3 is 2.50 bits per heavy atom. The first-order chi connectivity index (χ1) is 8.20. The van der Waals surface area contributed by atoms with E-state index in [0.717, 1.165) is 31.3 Å². The standard InChI is InChI=1S/C15H25BrO2/c1-9(2)12(17)10-5-7-14(3)11(16)6-8-15(4,18)13(10)14/h10-13,17-18H,1,5-8H2,2-4H3/t10-,11-,12+,13-,14+,15+/m0/s1. The Hall–Kier alpha value is 0.140. The van der Waals surface area contributed by atoms with Gasteiger partial charge in [-0.05, 0) is 56.8 Å². The van der Waals surface area contributed by atoms with E-state index in [1.165, 1.54) is 0 Å². The molecule has 0 heterocycles. The van der Waals surface area contributed by atoms with Crippen molar-refractivity contribution in [1.82, 2.24) is 0 Å². The predicted molar refractivity (Wildman–Crippen MR) is 77.7 cm³/mol. The maximum absolute atomic E-state index is 10.8. The molecule has 18 heavy (non-hydrogen) atoms. The molecule has 0 amide bonds. The van der Waals surface area contributed by atoms with Crippen molar-refractivity contribution >= 4 is 15.9 Å². The third kappa shape index (κ3) is 2.08. The fourth-order valence-electron chi connectivity index (χ4n) is 4.42. The summed E-state index contributed by atoms with van der Waals surface area (Å²) in [5, 5.41) is 21.1. The summed E-state index contributed by atoms with van der Waals surface area (Å²) in [5.41, 5.74) is 0.233. The zero-order valence-electron chi connectivity index (χ0n) is 11.6. The van der Waals surface area contributed by atoms with Crippen LogP contribution >= 0.6 is 15.9 Å². The average Bonchev–Trinajstić information content (AvgIpc) is 2.64. The summed E-state index contributed by atoms with van der Waals surface area (Å²) in [4.78, 5) is 0.442. The normalized spacial score (nSPS) is 49.8. The van der Waals surface area contributed by atoms with Crippen molar-refractivity contribution in [2.75, 3.05) is 0 Å². The van der Waals surface area contributed by atoms with E-state index in [4.69, 9.17) is 0 Å². The quantitative estimate of drug-likeness (QED) is 0.606. The minimum atomic E-state index is -0.670. The average molecular weight is 317 g/mol. The Bertz CT molecular complexity index is 352. The van der Waals surface area contributed by atoms with Gasteiger partial charge in [-0.25, -0.2) is 0 Å². The number of hydrogen-bond donors (Lipinski definition) is 2. The molecule has 2 N–H and O–H groups in total. The van der Waals surface area contributed by atoms with Gasteiger partial charge >= 0.3 is 0 Å². The van der Waals surface area contributed by atoms with E-state index >= 15 is 0 Å². The van der Waals surface area contributed by atoms with Gasteiger partial charge in [0.1, 0.15) is 0 Å². The van der Waals surface area contributed by atoms with E-state index in [-0.39, 0.29) is 17.3 Å². The predicted octanol–water partition coefficient (Wildman–Crippen LogP) is 3.26. The summed E-state index contributed by atoms with van der Waals surface area (Å²) in [6.45, 7) is 9.96. The van der Waals surface area contributed by atoms with Crippen LogP contribution in [-0.4, -0.2) is 26.7 Å². The van der Waals surface area contributed by atoms with E-state index in [2.05, 4.69) is 29.4 Å². The molecule has 6 atom stereocenters. The molecule has 0 unspecified atom stereocenters. The van der Waals surface area contributed by atoms with Crippen LogP contribution < -0.4 is 0 Å². The Labute approximate surface area is 119 Å². The van der Waals surface area contributed by atoms with E-state index in [0.29, 0.717) is 4.83 Å². The van der Waals surface area contributed by atoms with Gasteiger partial charge < -0.3 is 10.2 Å². The molecule has 0 aromatic heterocycles. The maximum atomic E-state index is 10.8. The van der Waals surface area contributed by atoms with Gasteiger partial charge in [0.2, 0.25) is 0 Å². The van der Waals surface area contributed by atoms with Gasteiger partial charge in [0.25, 0.3) is 0 Å². The van der Waals surface area contributed by atoms with Gasteiger partial charge in [0.15, 0.2) is 0 Å². The monoisotopic (exact) mass is 316 g/mol. The second-order valence-electron chi connectivity index (χ2n) is 6.84. The highest BCUT2D eigenvalue weighted by Crippen LogP contribution is 2.61. The summed E-state index contributed by atoms with van der Waals surface area (Å²) < 4.78 is 0. The second-order valence-corrected chi connectivity index (χ2v) is 7.95. The topological polar surface area (TPSA) is 40.5 Å². The summed E-state index contributed by atoms with van der Waals surface area (Å²) in [6.07, 6.45) is 3.38. The number of aliphatic hydroxyl groups is 2. The molecule has 0 bridgehead atoms. The van der Waals surface area contributed by atoms with Crippen LogP contribution in [0.1, 0.15) is 46.5 Å². The van der Waals surface area contributed by atoms with Crippen molar-refractivity contribution in [3.05, 3.63) is 12.2 Å². The fraction of sp³-hybridized carbons (Fsp3) is 0.867. The van der Waals surface area contributed by atoms with Crippen molar-refractivity contribution in [1.29, 1.82) is 0 Å². The largest absolute Gasteiger partial charge is 0.390 e. The number of alkyl halides is 1. The fourth-order valence-corrected chi connectivity index (χ4v) is 5.16. The van der Waals surface area contributed by atoms with Crippen LogP contribution in [0.3, 0.4) is 0 Å². The van der Waals surface area contributed by atoms with Crippen molar-refractivity contribution in [2.24, 2.45) is 17.3 Å². The van der Waals surface area contributed by atoms with Crippen LogP contribution in [0.25, 0.3) is 0 Å². The van der Waals surface area contributed by atoms with Gasteiger partial charge in [0.05, 0.1) is 11.7 Å². The van der Waals surface area contributed by atoms with E-state index in [1.807, 2.05) is 13.8 Å². The molecule has 2 nitrogen and oxygen atoms in total. The van der Waals surface area contributed by atoms with E-state index in [9.17, 15) is 10.2 Å². The lowest BCUT2D eigenvalue weighted by Crippen LogP contribution is -2.54. The molecule has 104 valence electrons. The Morgan fingerprint density at radius 1 is 1.33 bits per heavy atom. The molecule has 0 radical (unpaired) electrons. The first-order valence-corrected chi connectivity index (χ1v) is 7.81. The van der Waals surface area contributed by atoms with Crippen LogP contribution in [0.15, 0.2) is 12.2 Å². The minimum Gasteiger partial charge on any atom is -0.390 e. The first kappa shape index (κ1) is 14.5. The molecule has 2 rings (SSSR count). The van der Waals surface area contributed by atoms with E-state index < -0.39 is 11.7 Å². The highest BCUT2D eigenvalue weighted by molar-refractivity contribution is 9.09. The zero-order chi connectivity index (χ0) is 13.7. The van der Waals surface area contributed by atoms with E-state index in [1.54, 1.807) is 0 Å². The van der Waals surface area contributed by atoms with Crippen LogP contribution in [0.2, 0.25) is 0 Å². The number of fused-ring (bicyclic) bond motifs is 1. The third-order valence-electron chi connectivity index (χ3n) is 5.35. The molecular formula is C15H25BrO2. The molecule has 0 saturated heterocycles. The van der Waals surface area contributed by atoms with Crippen LogP contribution in [-0.2, 0) is 0 Å². The van der Waals surface area contributed by atoms with Crippen molar-refractivity contribution < 1.29 is 10.2 Å². The molecular weight excluding hydrogens is 292 g/mol. The molecule has 3 heteroatoms. The molecule has 2 fully saturated rings. The lowest BCUT2D eigenvalue weighted by atomic mass is 9.59. The Kier molecular flexibility index (Phi) is 3.72. The third-order valence-corrected chi connectivity index (χ3v) is 6.86. The highest BCUT2D eigenvalue weighted by Gasteiger charge is 2.59. The second kappa shape index (κ2) is 4.60. The SMILES string of the molecule is C=C(C)[C@@H](O)[C@@H]1CC[C@]2(C)[C@@H](Br)CC[C@@](C)(O)[C@@H]12. The van der Waals surface area contributed by atoms with Gasteiger partial charge in [-0.1, -0.05) is 35.0 Å². The number of aliphatic hydroxyl groups excluding tert-OH is 1. The molecule has 0 aromatic rings. The number of rotatable bonds is 2. The molecule has 0 aromatic carbocycles. The molecule has 2 saturated carbocycles. The minimum absolute atomic E-state index is 0.0862. The molecule has 0 spiro atoms. The number of halogens is 1. The first-order valence-electron chi connectivity index (χ1n) is 6.90. The zero-order valence-corrected chi connectivity index (χ0v) is 13.2. The van der Waals surface area contributed by atoms with Crippen molar-refractivity contribution in [3.63, 3.8) is 0 Å². The molecule has 0 aliphatic heterocycles. The molecule has 2 aliphatic rings. The summed E-state index contributed by atoms with van der Waals surface area (Å²) >= 11 is 3.80. The lowest BCUT2D eigenvalue weighted by molar-refractivity contribution is -0.106. The van der Waals surface area contributed by atoms with Crippen LogP contribution in [0, 0.1) is 17.3 Å². The van der Waals surface area contributed by atoms with Gasteiger partial charge in [-0.15, -0.1) is 0 Å². The van der Waals surface area contributed by atoms with Crippen LogP contribution in [0.5, 0.6) is 0 Å². The summed E-state index contributed by atoms with van der Waals surface area (Å²) in [7, 11) is 0. The van der Waals surface area contributed by atoms with Crippen LogP contribution in [0.4, 0.5) is 0 Å². The smallest absolute Gasteiger partial charge is 0.0776 e. The van der Waals surface area contributed by atoms with Gasteiger partial charge in [-0.3, -0.25) is 0 Å². The highest BCUT2D eigenvalue weighted by atomic mass is 79.9. The Balaban J connectivity index is 2.35. The summed E-state index contributed by atoms with van der Waals surface area (Å²) in [6, 6.07) is 0. The van der Waals surface area contributed by atoms with Gasteiger partial charge in [-0.2, -0.15) is 0 Å². The lowest BCUT2D eigenvalue weighted by Gasteiger charge is -2.51. The van der Waals surface area contributed by atoms with Crippen molar-refractivity contribution in [2.45, 2.75) is 63.0 Å². The van der Waals surface area contributed by atoms with Crippen molar-refractivity contribution in [3.8, 4) is 0 Å².